The van der Waals surface area contributed by atoms with E-state index in [1.807, 2.05) is 0 Å². The van der Waals surface area contributed by atoms with Crippen molar-refractivity contribution in [2.75, 3.05) is 19.8 Å². The van der Waals surface area contributed by atoms with E-state index in [9.17, 15) is 34.0 Å². The molecule has 13 nitrogen and oxygen atoms in total. The van der Waals surface area contributed by atoms with Crippen LogP contribution in [0.5, 0.6) is 0 Å². The van der Waals surface area contributed by atoms with Gasteiger partial charge in [0.2, 0.25) is 0 Å². The van der Waals surface area contributed by atoms with E-state index < -0.39 is 78.7 Å². The minimum atomic E-state index is -5.02. The zero-order valence-corrected chi connectivity index (χ0v) is 14.1. The quantitative estimate of drug-likeness (QED) is 0.198. The molecule has 0 aliphatic carbocycles. The molecular weight excluding hydrogens is 384 g/mol. The lowest BCUT2D eigenvalue weighted by Gasteiger charge is -2.42. The van der Waals surface area contributed by atoms with Crippen molar-refractivity contribution in [2.45, 2.75) is 55.1 Å². The van der Waals surface area contributed by atoms with Crippen LogP contribution in [0.4, 0.5) is 0 Å². The van der Waals surface area contributed by atoms with E-state index in [0.29, 0.717) is 0 Å². The van der Waals surface area contributed by atoms with Crippen molar-refractivity contribution in [1.29, 1.82) is 0 Å². The van der Waals surface area contributed by atoms with Gasteiger partial charge in [-0.1, -0.05) is 0 Å². The predicted molar refractivity (Wildman–Crippen MR) is 77.9 cm³/mol. The Bertz CT molecular complexity index is 553. The molecule has 0 aromatic heterocycles. The lowest BCUT2D eigenvalue weighted by Crippen LogP contribution is -2.61. The molecule has 154 valence electrons. The van der Waals surface area contributed by atoms with Crippen LogP contribution in [0, 0.1) is 0 Å². The summed E-state index contributed by atoms with van der Waals surface area (Å²) < 4.78 is 50.2. The van der Waals surface area contributed by atoms with E-state index >= 15 is 0 Å². The fraction of sp³-hybridized carbons (Fsp3) is 1.00. The molecule has 14 heteroatoms. The third-order valence-electron chi connectivity index (χ3n) is 4.07. The minimum Gasteiger partial charge on any atom is -0.394 e. The van der Waals surface area contributed by atoms with Gasteiger partial charge in [-0.05, 0) is 0 Å². The average Bonchev–Trinajstić information content (AvgIpc) is 2.93. The first-order chi connectivity index (χ1) is 12.1. The van der Waals surface area contributed by atoms with Gasteiger partial charge in [0.15, 0.2) is 6.29 Å². The number of aliphatic hydroxyl groups excluding tert-OH is 6. The van der Waals surface area contributed by atoms with Gasteiger partial charge in [0.1, 0.15) is 48.8 Å². The Hall–Kier alpha value is -0.490. The maximum atomic E-state index is 10.8. The summed E-state index contributed by atoms with van der Waals surface area (Å²) in [6, 6.07) is 0. The SMILES string of the molecule is O=S(=O)(O)O[C@@H]1[C@H](O)[C@@H](O)[C@H](O[C@@H]2[C@@H]([C@@H](O)CO)OC[C@H]2O)O[C@@H]1CO. The third-order valence-corrected chi connectivity index (χ3v) is 4.54. The first-order valence-electron chi connectivity index (χ1n) is 7.61. The fourth-order valence-electron chi connectivity index (χ4n) is 2.80. The molecule has 0 amide bonds. The molecule has 0 bridgehead atoms. The van der Waals surface area contributed by atoms with Crippen LogP contribution in [0.3, 0.4) is 0 Å². The van der Waals surface area contributed by atoms with Crippen molar-refractivity contribution in [1.82, 2.24) is 0 Å². The zero-order valence-electron chi connectivity index (χ0n) is 13.3. The van der Waals surface area contributed by atoms with Crippen LogP contribution in [0.2, 0.25) is 0 Å². The fourth-order valence-corrected chi connectivity index (χ4v) is 3.32. The first-order valence-corrected chi connectivity index (χ1v) is 8.97. The van der Waals surface area contributed by atoms with Crippen molar-refractivity contribution < 1.29 is 62.0 Å². The highest BCUT2D eigenvalue weighted by atomic mass is 32.3. The van der Waals surface area contributed by atoms with Crippen LogP contribution in [0.15, 0.2) is 0 Å². The van der Waals surface area contributed by atoms with Gasteiger partial charge in [-0.3, -0.25) is 4.55 Å². The van der Waals surface area contributed by atoms with Crippen LogP contribution in [0.25, 0.3) is 0 Å². The Labute approximate surface area is 148 Å². The van der Waals surface area contributed by atoms with Crippen molar-refractivity contribution in [2.24, 2.45) is 0 Å². The van der Waals surface area contributed by atoms with E-state index in [4.69, 9.17) is 23.9 Å². The summed E-state index contributed by atoms with van der Waals surface area (Å²) in [6.07, 6.45) is -13.9. The van der Waals surface area contributed by atoms with Crippen LogP contribution in [-0.4, -0.2) is 119 Å². The van der Waals surface area contributed by atoms with Crippen molar-refractivity contribution in [3.05, 3.63) is 0 Å². The lowest BCUT2D eigenvalue weighted by molar-refractivity contribution is -0.316. The third kappa shape index (κ3) is 4.86. The van der Waals surface area contributed by atoms with Gasteiger partial charge >= 0.3 is 10.4 Å². The summed E-state index contributed by atoms with van der Waals surface area (Å²) in [4.78, 5) is 0. The van der Waals surface area contributed by atoms with E-state index in [2.05, 4.69) is 4.18 Å². The molecule has 2 saturated heterocycles. The van der Waals surface area contributed by atoms with E-state index in [-0.39, 0.29) is 6.61 Å². The Morgan fingerprint density at radius 2 is 1.77 bits per heavy atom. The second kappa shape index (κ2) is 8.68. The summed E-state index contributed by atoms with van der Waals surface area (Å²) in [5, 5.41) is 58.0. The molecule has 0 spiro atoms. The smallest absolute Gasteiger partial charge is 0.394 e. The summed E-state index contributed by atoms with van der Waals surface area (Å²) in [5.41, 5.74) is 0. The molecule has 0 aromatic rings. The number of rotatable bonds is 7. The number of aliphatic hydroxyl groups is 6. The molecule has 2 aliphatic rings. The molecule has 0 aromatic carbocycles. The molecule has 2 fully saturated rings. The van der Waals surface area contributed by atoms with Gasteiger partial charge in [0.25, 0.3) is 0 Å². The molecule has 0 saturated carbocycles. The van der Waals surface area contributed by atoms with Crippen LogP contribution < -0.4 is 0 Å². The number of hydrogen-bond acceptors (Lipinski definition) is 12. The molecule has 9 atom stereocenters. The second-order valence-electron chi connectivity index (χ2n) is 5.91. The van der Waals surface area contributed by atoms with Crippen LogP contribution >= 0.6 is 0 Å². The Kier molecular flexibility index (Phi) is 7.28. The molecular formula is C12H22O13S. The molecule has 7 N–H and O–H groups in total. The van der Waals surface area contributed by atoms with E-state index in [1.165, 1.54) is 0 Å². The highest BCUT2D eigenvalue weighted by Gasteiger charge is 2.50. The van der Waals surface area contributed by atoms with E-state index in [0.717, 1.165) is 0 Å². The van der Waals surface area contributed by atoms with Crippen molar-refractivity contribution in [3.8, 4) is 0 Å². The van der Waals surface area contributed by atoms with Crippen molar-refractivity contribution in [3.63, 3.8) is 0 Å². The molecule has 26 heavy (non-hydrogen) atoms. The molecule has 0 unspecified atom stereocenters. The zero-order chi connectivity index (χ0) is 19.6. The summed E-state index contributed by atoms with van der Waals surface area (Å²) in [7, 11) is -5.02. The number of ether oxygens (including phenoxy) is 3. The van der Waals surface area contributed by atoms with Gasteiger partial charge in [0, 0.05) is 0 Å². The average molecular weight is 406 g/mol. The van der Waals surface area contributed by atoms with Crippen molar-refractivity contribution >= 4 is 10.4 Å². The predicted octanol–water partition coefficient (Wildman–Crippen LogP) is -4.89. The monoisotopic (exact) mass is 406 g/mol. The molecule has 2 rings (SSSR count). The van der Waals surface area contributed by atoms with Gasteiger partial charge in [-0.25, -0.2) is 4.18 Å². The highest BCUT2D eigenvalue weighted by Crippen LogP contribution is 2.29. The van der Waals surface area contributed by atoms with Gasteiger partial charge in [-0.15, -0.1) is 0 Å². The second-order valence-corrected chi connectivity index (χ2v) is 6.96. The van der Waals surface area contributed by atoms with E-state index in [1.54, 1.807) is 0 Å². The first kappa shape index (κ1) is 21.8. The normalized spacial score (nSPS) is 42.7. The van der Waals surface area contributed by atoms with Gasteiger partial charge < -0.3 is 44.8 Å². The van der Waals surface area contributed by atoms with Crippen LogP contribution in [-0.2, 0) is 28.8 Å². The molecule has 2 heterocycles. The van der Waals surface area contributed by atoms with Gasteiger partial charge in [-0.2, -0.15) is 8.42 Å². The van der Waals surface area contributed by atoms with Crippen LogP contribution in [0.1, 0.15) is 0 Å². The number of hydrogen-bond donors (Lipinski definition) is 7. The topological polar surface area (TPSA) is 213 Å². The molecule has 2 aliphatic heterocycles. The maximum Gasteiger partial charge on any atom is 0.397 e. The summed E-state index contributed by atoms with van der Waals surface area (Å²) in [6.45, 7) is -1.80. The largest absolute Gasteiger partial charge is 0.397 e. The summed E-state index contributed by atoms with van der Waals surface area (Å²) >= 11 is 0. The Balaban J connectivity index is 2.13. The molecule has 0 radical (unpaired) electrons. The highest BCUT2D eigenvalue weighted by molar-refractivity contribution is 7.80. The maximum absolute atomic E-state index is 10.8. The lowest BCUT2D eigenvalue weighted by atomic mass is 9.99. The van der Waals surface area contributed by atoms with Gasteiger partial charge in [0.05, 0.1) is 19.8 Å². The summed E-state index contributed by atoms with van der Waals surface area (Å²) in [5.74, 6) is 0. The minimum absolute atomic E-state index is 0.240. The Morgan fingerprint density at radius 1 is 1.12 bits per heavy atom. The standard InChI is InChI=1S/C12H22O13S/c13-1-4(15)9-10(5(16)3-22-9)24-12-8(18)7(17)11(6(2-14)23-12)25-26(19,20)21/h4-18H,1-3H2,(H,19,20,21)/t4-,5+,6+,7+,8+,9+,10-,11-,12-/m0/s1. The Morgan fingerprint density at radius 3 is 2.31 bits per heavy atom.